The van der Waals surface area contributed by atoms with Gasteiger partial charge in [-0.3, -0.25) is 4.79 Å². The van der Waals surface area contributed by atoms with Gasteiger partial charge in [0, 0.05) is 25.5 Å². The third-order valence-electron chi connectivity index (χ3n) is 2.16. The molecule has 0 aromatic heterocycles. The molecule has 0 unspecified atom stereocenters. The van der Waals surface area contributed by atoms with Gasteiger partial charge < -0.3 is 10.4 Å². The molecule has 0 bridgehead atoms. The molecule has 0 fully saturated rings. The van der Waals surface area contributed by atoms with Crippen molar-refractivity contribution in [2.75, 3.05) is 6.54 Å². The van der Waals surface area contributed by atoms with E-state index in [0.29, 0.717) is 13.0 Å². The molecule has 0 aliphatic rings. The molecule has 0 aliphatic heterocycles. The van der Waals surface area contributed by atoms with Crippen LogP contribution >= 0.6 is 0 Å². The Kier molecular flexibility index (Phi) is 4.81. The summed E-state index contributed by atoms with van der Waals surface area (Å²) in [5, 5.41) is 11.6. The molecular weight excluding hydrogens is 259 g/mol. The zero-order valence-corrected chi connectivity index (χ0v) is 10.1. The molecule has 3 nitrogen and oxygen atoms in total. The largest absolute Gasteiger partial charge is 0.507 e. The normalized spacial score (nSPS) is 10.5. The number of carbonyl (C=O) groups is 1. The Hall–Kier alpha value is -2.16. The van der Waals surface area contributed by atoms with Crippen LogP contribution in [0.5, 0.6) is 5.75 Å². The smallest absolute Gasteiger partial charge is 0.419 e. The fraction of sp³-hybridized carbons (Fsp3) is 0.308. The van der Waals surface area contributed by atoms with Crippen molar-refractivity contribution >= 4 is 5.91 Å². The van der Waals surface area contributed by atoms with E-state index in [1.807, 2.05) is 0 Å². The van der Waals surface area contributed by atoms with Gasteiger partial charge in [-0.25, -0.2) is 0 Å². The summed E-state index contributed by atoms with van der Waals surface area (Å²) in [6, 6.07) is 3.05. The van der Waals surface area contributed by atoms with Crippen molar-refractivity contribution in [1.82, 2.24) is 5.32 Å². The molecule has 0 saturated carbocycles. The van der Waals surface area contributed by atoms with E-state index in [9.17, 15) is 18.0 Å². The van der Waals surface area contributed by atoms with Gasteiger partial charge in [0.1, 0.15) is 5.75 Å². The number of alkyl halides is 3. The van der Waals surface area contributed by atoms with Gasteiger partial charge in [0.25, 0.3) is 0 Å². The second-order valence-electron chi connectivity index (χ2n) is 3.76. The average Bonchev–Trinajstić information content (AvgIpc) is 2.28. The third-order valence-corrected chi connectivity index (χ3v) is 2.16. The highest BCUT2D eigenvalue weighted by Crippen LogP contribution is 2.35. The van der Waals surface area contributed by atoms with Gasteiger partial charge >= 0.3 is 6.18 Å². The van der Waals surface area contributed by atoms with E-state index in [1.165, 1.54) is 13.0 Å². The molecule has 1 aromatic carbocycles. The molecule has 0 saturated heterocycles. The van der Waals surface area contributed by atoms with Gasteiger partial charge in [-0.1, -0.05) is 11.8 Å². The Morgan fingerprint density at radius 3 is 2.68 bits per heavy atom. The van der Waals surface area contributed by atoms with Gasteiger partial charge in [-0.2, -0.15) is 13.2 Å². The van der Waals surface area contributed by atoms with E-state index in [1.54, 1.807) is 0 Å². The van der Waals surface area contributed by atoms with Crippen molar-refractivity contribution in [2.24, 2.45) is 0 Å². The van der Waals surface area contributed by atoms with Gasteiger partial charge in [-0.15, -0.1) is 0 Å². The maximum absolute atomic E-state index is 12.5. The van der Waals surface area contributed by atoms with Crippen LogP contribution in [0.3, 0.4) is 0 Å². The molecular formula is C13H12F3NO2. The number of halogens is 3. The maximum Gasteiger partial charge on any atom is 0.419 e. The number of aromatic hydroxyl groups is 1. The highest BCUT2D eigenvalue weighted by Gasteiger charge is 2.33. The lowest BCUT2D eigenvalue weighted by molar-refractivity contribution is -0.138. The summed E-state index contributed by atoms with van der Waals surface area (Å²) in [5.74, 6) is 4.18. The molecule has 6 heteroatoms. The monoisotopic (exact) mass is 271 g/mol. The van der Waals surface area contributed by atoms with Crippen molar-refractivity contribution in [3.63, 3.8) is 0 Å². The number of benzene rings is 1. The van der Waals surface area contributed by atoms with E-state index in [0.717, 1.165) is 12.1 Å². The highest BCUT2D eigenvalue weighted by molar-refractivity contribution is 5.72. The lowest BCUT2D eigenvalue weighted by Crippen LogP contribution is -2.20. The van der Waals surface area contributed by atoms with Gasteiger partial charge in [0.2, 0.25) is 5.91 Å². The number of rotatable bonds is 2. The Labute approximate surface area is 108 Å². The minimum absolute atomic E-state index is 0.160. The van der Waals surface area contributed by atoms with E-state index in [4.69, 9.17) is 5.11 Å². The van der Waals surface area contributed by atoms with E-state index in [-0.39, 0.29) is 11.5 Å². The summed E-state index contributed by atoms with van der Waals surface area (Å²) in [7, 11) is 0. The van der Waals surface area contributed by atoms with Gasteiger partial charge in [0.05, 0.1) is 5.56 Å². The summed E-state index contributed by atoms with van der Waals surface area (Å²) >= 11 is 0. The van der Waals surface area contributed by atoms with Crippen molar-refractivity contribution in [3.05, 3.63) is 29.3 Å². The highest BCUT2D eigenvalue weighted by atomic mass is 19.4. The second kappa shape index (κ2) is 6.14. The number of phenolic OH excluding ortho intramolecular Hbond substituents is 1. The van der Waals surface area contributed by atoms with Crippen LogP contribution in [0.2, 0.25) is 0 Å². The molecule has 1 amide bonds. The SMILES string of the molecule is CC(=O)NCCC#Cc1ccc(O)c(C(F)(F)F)c1. The second-order valence-corrected chi connectivity index (χ2v) is 3.76. The van der Waals surface area contributed by atoms with Crippen LogP contribution < -0.4 is 5.32 Å². The van der Waals surface area contributed by atoms with E-state index >= 15 is 0 Å². The average molecular weight is 271 g/mol. The number of hydrogen-bond acceptors (Lipinski definition) is 2. The number of phenols is 1. The van der Waals surface area contributed by atoms with Crippen molar-refractivity contribution in [2.45, 2.75) is 19.5 Å². The number of amides is 1. The van der Waals surface area contributed by atoms with Gasteiger partial charge in [-0.05, 0) is 18.2 Å². The summed E-state index contributed by atoms with van der Waals surface area (Å²) in [6.07, 6.45) is -4.28. The Morgan fingerprint density at radius 2 is 2.11 bits per heavy atom. The first-order chi connectivity index (χ1) is 8.80. The summed E-state index contributed by atoms with van der Waals surface area (Å²) in [6.45, 7) is 1.70. The molecule has 19 heavy (non-hydrogen) atoms. The molecule has 0 heterocycles. The summed E-state index contributed by atoms with van der Waals surface area (Å²) in [4.78, 5) is 10.6. The molecule has 0 spiro atoms. The van der Waals surface area contributed by atoms with E-state index in [2.05, 4.69) is 17.2 Å². The number of nitrogens with one attached hydrogen (secondary N) is 1. The first kappa shape index (κ1) is 14.9. The zero-order chi connectivity index (χ0) is 14.5. The number of hydrogen-bond donors (Lipinski definition) is 2. The Bertz CT molecular complexity index is 527. The van der Waals surface area contributed by atoms with Crippen LogP contribution in [0, 0.1) is 11.8 Å². The van der Waals surface area contributed by atoms with Crippen LogP contribution in [-0.4, -0.2) is 17.6 Å². The molecule has 1 aromatic rings. The topological polar surface area (TPSA) is 49.3 Å². The predicted molar refractivity (Wildman–Crippen MR) is 63.3 cm³/mol. The van der Waals surface area contributed by atoms with Crippen molar-refractivity contribution in [3.8, 4) is 17.6 Å². The third kappa shape index (κ3) is 4.92. The van der Waals surface area contributed by atoms with Crippen LogP contribution in [0.25, 0.3) is 0 Å². The fourth-order valence-electron chi connectivity index (χ4n) is 1.31. The number of carbonyl (C=O) groups excluding carboxylic acids is 1. The zero-order valence-electron chi connectivity index (χ0n) is 10.1. The maximum atomic E-state index is 12.5. The predicted octanol–water partition coefficient (Wildman–Crippen LogP) is 2.29. The molecule has 0 radical (unpaired) electrons. The first-order valence-corrected chi connectivity index (χ1v) is 5.44. The van der Waals surface area contributed by atoms with Crippen LogP contribution in [-0.2, 0) is 11.0 Å². The van der Waals surface area contributed by atoms with Gasteiger partial charge in [0.15, 0.2) is 0 Å². The molecule has 2 N–H and O–H groups in total. The van der Waals surface area contributed by atoms with Crippen LogP contribution in [0.1, 0.15) is 24.5 Å². The fourth-order valence-corrected chi connectivity index (χ4v) is 1.31. The Morgan fingerprint density at radius 1 is 1.42 bits per heavy atom. The quantitative estimate of drug-likeness (QED) is 0.640. The molecule has 0 atom stereocenters. The van der Waals surface area contributed by atoms with Crippen molar-refractivity contribution < 1.29 is 23.1 Å². The Balaban J connectivity index is 2.75. The van der Waals surface area contributed by atoms with Crippen molar-refractivity contribution in [1.29, 1.82) is 0 Å². The lowest BCUT2D eigenvalue weighted by Gasteiger charge is -2.08. The molecule has 1 rings (SSSR count). The molecule has 102 valence electrons. The summed E-state index contributed by atoms with van der Waals surface area (Å²) in [5.41, 5.74) is -0.950. The molecule has 0 aliphatic carbocycles. The standard InChI is InChI=1S/C13H12F3NO2/c1-9(18)17-7-3-2-4-10-5-6-12(19)11(8-10)13(14,15)16/h5-6,8,19H,3,7H2,1H3,(H,17,18). The minimum Gasteiger partial charge on any atom is -0.507 e. The van der Waals surface area contributed by atoms with E-state index < -0.39 is 17.5 Å². The van der Waals surface area contributed by atoms with Crippen LogP contribution in [0.4, 0.5) is 13.2 Å². The summed E-state index contributed by atoms with van der Waals surface area (Å²) < 4.78 is 37.5. The lowest BCUT2D eigenvalue weighted by atomic mass is 10.1. The first-order valence-electron chi connectivity index (χ1n) is 5.44. The minimum atomic E-state index is -4.61. The van der Waals surface area contributed by atoms with Crippen LogP contribution in [0.15, 0.2) is 18.2 Å².